The minimum Gasteiger partial charge on any atom is -0.395 e. The number of benzene rings is 3. The minimum atomic E-state index is -4.76. The Kier molecular flexibility index (Phi) is 15.1. The molecule has 1 aliphatic heterocycles. The van der Waals surface area contributed by atoms with Crippen molar-refractivity contribution in [3.63, 3.8) is 0 Å². The summed E-state index contributed by atoms with van der Waals surface area (Å²) < 4.78 is 16.6. The number of fused-ring (bicyclic) bond motifs is 1. The van der Waals surface area contributed by atoms with Gasteiger partial charge in [0.25, 0.3) is 11.8 Å². The maximum absolute atomic E-state index is 13.6. The number of hydrogen-bond donors (Lipinski definition) is 7. The summed E-state index contributed by atoms with van der Waals surface area (Å²) in [6, 6.07) is 17.2. The van der Waals surface area contributed by atoms with E-state index in [4.69, 9.17) is 37.8 Å². The Bertz CT molecular complexity index is 1440. The number of nitrogens with two attached hydrogens (primary N) is 2. The van der Waals surface area contributed by atoms with Crippen LogP contribution in [0.2, 0.25) is 5.02 Å². The van der Waals surface area contributed by atoms with Crippen molar-refractivity contribution in [2.45, 2.75) is 32.8 Å². The van der Waals surface area contributed by atoms with Gasteiger partial charge >= 0.3 is 7.82 Å². The molecule has 4 rings (SSSR count). The molecule has 3 aromatic rings. The molecule has 12 nitrogen and oxygen atoms in total. The Morgan fingerprint density at radius 2 is 1.61 bits per heavy atom. The molecule has 1 unspecified atom stereocenters. The van der Waals surface area contributed by atoms with E-state index in [-0.39, 0.29) is 25.0 Å². The van der Waals surface area contributed by atoms with Crippen LogP contribution in [0.25, 0.3) is 0 Å². The second-order valence-electron chi connectivity index (χ2n) is 9.71. The number of halogens is 1. The van der Waals surface area contributed by atoms with Crippen molar-refractivity contribution in [1.82, 2.24) is 0 Å². The third-order valence-electron chi connectivity index (χ3n) is 6.35. The smallest absolute Gasteiger partial charge is 0.395 e. The molecule has 9 N–H and O–H groups in total. The van der Waals surface area contributed by atoms with Crippen LogP contribution in [0, 0.1) is 13.8 Å². The molecule has 0 aromatic heterocycles. The highest BCUT2D eigenvalue weighted by molar-refractivity contribution is 7.46. The molecular formula is C30H40ClN4O8P. The molecule has 2 amide bonds. The molecule has 0 fully saturated rings. The topological polar surface area (TPSA) is 209 Å². The lowest BCUT2D eigenvalue weighted by Crippen LogP contribution is -2.32. The van der Waals surface area contributed by atoms with Gasteiger partial charge < -0.3 is 41.7 Å². The average Bonchev–Trinajstić information content (AvgIpc) is 3.15. The number of aliphatic hydroxyl groups is 2. The van der Waals surface area contributed by atoms with E-state index in [1.54, 1.807) is 60.4 Å². The van der Waals surface area contributed by atoms with Crippen LogP contribution in [0.1, 0.15) is 56.4 Å². The van der Waals surface area contributed by atoms with Gasteiger partial charge in [-0.1, -0.05) is 29.8 Å². The molecule has 240 valence electrons. The zero-order chi connectivity index (χ0) is 32.9. The SMILES string of the molecule is Cc1ccccc1C(=O)Nc1ccc(C(=O)N2CCCC(OP(=O)(O)O)c3cc(Cl)ccc32)c(C)c1.NCCO.NCCO. The summed E-state index contributed by atoms with van der Waals surface area (Å²) in [5.41, 5.74) is 13.6. The van der Waals surface area contributed by atoms with Crippen LogP contribution in [0.4, 0.5) is 11.4 Å². The van der Waals surface area contributed by atoms with Crippen LogP contribution >= 0.6 is 19.4 Å². The normalized spacial score (nSPS) is 14.2. The van der Waals surface area contributed by atoms with E-state index in [9.17, 15) is 23.9 Å². The number of carbonyl (C=O) groups is 2. The first-order valence-electron chi connectivity index (χ1n) is 13.8. The van der Waals surface area contributed by atoms with Gasteiger partial charge in [-0.15, -0.1) is 0 Å². The molecule has 0 saturated heterocycles. The fourth-order valence-electron chi connectivity index (χ4n) is 4.38. The molecule has 0 aliphatic carbocycles. The van der Waals surface area contributed by atoms with Crippen molar-refractivity contribution >= 4 is 42.6 Å². The maximum atomic E-state index is 13.6. The van der Waals surface area contributed by atoms with Gasteiger partial charge in [0.2, 0.25) is 0 Å². The van der Waals surface area contributed by atoms with Gasteiger partial charge in [-0.3, -0.25) is 14.1 Å². The van der Waals surface area contributed by atoms with Gasteiger partial charge in [-0.2, -0.15) is 0 Å². The molecule has 0 bridgehead atoms. The Hall–Kier alpha value is -3.16. The van der Waals surface area contributed by atoms with Crippen molar-refractivity contribution in [1.29, 1.82) is 0 Å². The van der Waals surface area contributed by atoms with Crippen LogP contribution in [-0.4, -0.2) is 64.7 Å². The lowest BCUT2D eigenvalue weighted by atomic mass is 10.0. The number of phosphoric ester groups is 1. The number of anilines is 2. The summed E-state index contributed by atoms with van der Waals surface area (Å²) in [7, 11) is -4.76. The summed E-state index contributed by atoms with van der Waals surface area (Å²) in [4.78, 5) is 46.6. The summed E-state index contributed by atoms with van der Waals surface area (Å²) in [5, 5.41) is 18.7. The lowest BCUT2D eigenvalue weighted by molar-refractivity contribution is 0.0984. The molecule has 44 heavy (non-hydrogen) atoms. The van der Waals surface area contributed by atoms with Crippen molar-refractivity contribution in [3.05, 3.63) is 93.5 Å². The van der Waals surface area contributed by atoms with Crippen LogP contribution in [-0.2, 0) is 9.09 Å². The van der Waals surface area contributed by atoms with Crippen LogP contribution < -0.4 is 21.7 Å². The molecule has 1 atom stereocenters. The van der Waals surface area contributed by atoms with E-state index in [1.165, 1.54) is 0 Å². The standard InChI is InChI=1S/C26H26ClN2O6P.2C2H7NO/c1-16-6-3-4-7-20(16)25(30)28-19-10-11-21(17(2)14-19)26(31)29-13-5-8-24(35-36(32,33)34)22-15-18(27)9-12-23(22)29;2*3-1-2-4/h3-4,6-7,9-12,14-15,24H,5,8,13H2,1-2H3,(H,28,30)(H2,32,33,34);2*4H,1-3H2. The maximum Gasteiger partial charge on any atom is 0.470 e. The number of phosphoric acid groups is 1. The summed E-state index contributed by atoms with van der Waals surface area (Å²) in [6.45, 7) is 4.93. The molecule has 0 saturated carbocycles. The number of amides is 2. The zero-order valence-electron chi connectivity index (χ0n) is 24.6. The molecule has 14 heteroatoms. The highest BCUT2D eigenvalue weighted by atomic mass is 35.5. The lowest BCUT2D eigenvalue weighted by Gasteiger charge is -2.25. The van der Waals surface area contributed by atoms with E-state index in [0.29, 0.717) is 71.1 Å². The van der Waals surface area contributed by atoms with Crippen molar-refractivity contribution in [3.8, 4) is 0 Å². The second kappa shape index (κ2) is 18.0. The first kappa shape index (κ1) is 37.0. The number of aryl methyl sites for hydroxylation is 2. The van der Waals surface area contributed by atoms with E-state index in [2.05, 4.69) is 5.32 Å². The predicted octanol–water partition coefficient (Wildman–Crippen LogP) is 3.67. The zero-order valence-corrected chi connectivity index (χ0v) is 26.3. The molecule has 1 aliphatic rings. The number of aliphatic hydroxyl groups excluding tert-OH is 2. The first-order valence-corrected chi connectivity index (χ1v) is 15.7. The van der Waals surface area contributed by atoms with Crippen LogP contribution in [0.15, 0.2) is 60.7 Å². The van der Waals surface area contributed by atoms with Gasteiger partial charge in [0.05, 0.1) is 19.3 Å². The van der Waals surface area contributed by atoms with Crippen LogP contribution in [0.5, 0.6) is 0 Å². The highest BCUT2D eigenvalue weighted by Gasteiger charge is 2.32. The van der Waals surface area contributed by atoms with Gasteiger partial charge in [0.1, 0.15) is 0 Å². The average molecular weight is 651 g/mol. The molecule has 1 heterocycles. The Morgan fingerprint density at radius 3 is 2.18 bits per heavy atom. The van der Waals surface area contributed by atoms with E-state index in [0.717, 1.165) is 5.56 Å². The predicted molar refractivity (Wildman–Crippen MR) is 171 cm³/mol. The van der Waals surface area contributed by atoms with Crippen molar-refractivity contribution in [2.75, 3.05) is 43.1 Å². The summed E-state index contributed by atoms with van der Waals surface area (Å²) in [6.07, 6.45) is -0.130. The fraction of sp³-hybridized carbons (Fsp3) is 0.333. The summed E-state index contributed by atoms with van der Waals surface area (Å²) >= 11 is 6.16. The monoisotopic (exact) mass is 650 g/mol. The van der Waals surface area contributed by atoms with Crippen molar-refractivity contribution in [2.24, 2.45) is 11.5 Å². The molecule has 3 aromatic carbocycles. The number of carbonyl (C=O) groups excluding carboxylic acids is 2. The largest absolute Gasteiger partial charge is 0.470 e. The second-order valence-corrected chi connectivity index (χ2v) is 11.3. The van der Waals surface area contributed by atoms with Gasteiger partial charge in [0.15, 0.2) is 0 Å². The van der Waals surface area contributed by atoms with Gasteiger partial charge in [-0.05, 0) is 80.3 Å². The fourth-order valence-corrected chi connectivity index (χ4v) is 5.11. The number of hydrogen-bond acceptors (Lipinski definition) is 8. The molecular weight excluding hydrogens is 611 g/mol. The quantitative estimate of drug-likeness (QED) is 0.185. The minimum absolute atomic E-state index is 0.0972. The molecule has 0 spiro atoms. The highest BCUT2D eigenvalue weighted by Crippen LogP contribution is 2.47. The number of rotatable bonds is 7. The van der Waals surface area contributed by atoms with Crippen LogP contribution in [0.3, 0.4) is 0 Å². The van der Waals surface area contributed by atoms with Gasteiger partial charge in [0, 0.05) is 52.7 Å². The van der Waals surface area contributed by atoms with E-state index >= 15 is 0 Å². The Labute approximate surface area is 261 Å². The summed E-state index contributed by atoms with van der Waals surface area (Å²) in [5.74, 6) is -0.509. The molecule has 0 radical (unpaired) electrons. The van der Waals surface area contributed by atoms with Gasteiger partial charge in [-0.25, -0.2) is 4.57 Å². The van der Waals surface area contributed by atoms with Crippen molar-refractivity contribution < 1.29 is 38.7 Å². The number of nitrogens with one attached hydrogen (secondary N) is 1. The number of nitrogens with zero attached hydrogens (tertiary/aromatic N) is 1. The first-order chi connectivity index (χ1) is 20.9. The third kappa shape index (κ3) is 11.1. The van der Waals surface area contributed by atoms with E-state index < -0.39 is 13.9 Å². The Balaban J connectivity index is 0.000000754. The van der Waals surface area contributed by atoms with E-state index in [1.807, 2.05) is 19.1 Å². The third-order valence-corrected chi connectivity index (χ3v) is 7.11. The Morgan fingerprint density at radius 1 is 0.977 bits per heavy atom.